The van der Waals surface area contributed by atoms with Crippen molar-refractivity contribution in [1.29, 1.82) is 0 Å². The molecule has 0 amide bonds. The summed E-state index contributed by atoms with van der Waals surface area (Å²) in [7, 11) is 0. The Morgan fingerprint density at radius 1 is 0.593 bits per heavy atom. The minimum absolute atomic E-state index is 0.0271. The summed E-state index contributed by atoms with van der Waals surface area (Å²) in [6, 6.07) is 30.2. The Kier molecular flexibility index (Phi) is 3.51. The first kappa shape index (κ1) is 16.0. The highest BCUT2D eigenvalue weighted by atomic mass is 14.7. The average Bonchev–Trinajstić information content (AvgIpc) is 2.96. The molecular formula is C26H21N. The summed E-state index contributed by atoms with van der Waals surface area (Å²) in [5, 5.41) is 0. The van der Waals surface area contributed by atoms with Crippen molar-refractivity contribution in [2.45, 2.75) is 19.3 Å². The number of nitrogens with zero attached hydrogens (tertiary/aromatic N) is 1. The Balaban J connectivity index is 1.56. The minimum Gasteiger partial charge on any atom is -0.256 e. The van der Waals surface area contributed by atoms with Gasteiger partial charge in [0.05, 0.1) is 5.69 Å². The maximum atomic E-state index is 4.69. The molecule has 0 atom stereocenters. The Bertz CT molecular complexity index is 1120. The van der Waals surface area contributed by atoms with E-state index >= 15 is 0 Å². The summed E-state index contributed by atoms with van der Waals surface area (Å²) in [5.74, 6) is 0. The number of fused-ring (bicyclic) bond motifs is 3. The second kappa shape index (κ2) is 5.92. The van der Waals surface area contributed by atoms with E-state index in [4.69, 9.17) is 4.98 Å². The quantitative estimate of drug-likeness (QED) is 0.392. The first-order valence-corrected chi connectivity index (χ1v) is 9.41. The number of pyridine rings is 1. The fraction of sp³-hybridized carbons (Fsp3) is 0.115. The van der Waals surface area contributed by atoms with Gasteiger partial charge in [-0.05, 0) is 39.9 Å². The van der Waals surface area contributed by atoms with Crippen LogP contribution in [0.3, 0.4) is 0 Å². The highest BCUT2D eigenvalue weighted by Gasteiger charge is 2.35. The van der Waals surface area contributed by atoms with Crippen LogP contribution in [0.4, 0.5) is 0 Å². The third-order valence-corrected chi connectivity index (χ3v) is 5.75. The molecule has 1 aliphatic carbocycles. The maximum Gasteiger partial charge on any atom is 0.0702 e. The molecule has 0 radical (unpaired) electrons. The molecule has 1 aliphatic rings. The molecule has 0 saturated heterocycles. The van der Waals surface area contributed by atoms with Gasteiger partial charge in [-0.25, -0.2) is 0 Å². The van der Waals surface area contributed by atoms with Gasteiger partial charge in [-0.3, -0.25) is 4.98 Å². The van der Waals surface area contributed by atoms with Crippen molar-refractivity contribution >= 4 is 0 Å². The van der Waals surface area contributed by atoms with Crippen molar-refractivity contribution in [1.82, 2.24) is 4.98 Å². The predicted octanol–water partition coefficient (Wildman–Crippen LogP) is 6.72. The number of benzene rings is 3. The molecular weight excluding hydrogens is 326 g/mol. The van der Waals surface area contributed by atoms with Gasteiger partial charge in [0, 0.05) is 22.7 Å². The third-order valence-electron chi connectivity index (χ3n) is 5.75. The molecule has 1 nitrogen and oxygen atoms in total. The van der Waals surface area contributed by atoms with Crippen LogP contribution >= 0.6 is 0 Å². The zero-order valence-corrected chi connectivity index (χ0v) is 15.6. The van der Waals surface area contributed by atoms with Gasteiger partial charge in [-0.15, -0.1) is 0 Å². The van der Waals surface area contributed by atoms with Crippen molar-refractivity contribution in [3.63, 3.8) is 0 Å². The summed E-state index contributed by atoms with van der Waals surface area (Å²) >= 11 is 0. The van der Waals surface area contributed by atoms with Crippen LogP contribution < -0.4 is 0 Å². The molecule has 0 spiro atoms. The van der Waals surface area contributed by atoms with Gasteiger partial charge in [0.2, 0.25) is 0 Å². The minimum atomic E-state index is 0.0271. The van der Waals surface area contributed by atoms with E-state index in [-0.39, 0.29) is 5.41 Å². The van der Waals surface area contributed by atoms with Crippen LogP contribution in [0.25, 0.3) is 33.5 Å². The fourth-order valence-corrected chi connectivity index (χ4v) is 4.23. The van der Waals surface area contributed by atoms with Gasteiger partial charge in [-0.1, -0.05) is 86.6 Å². The van der Waals surface area contributed by atoms with Gasteiger partial charge in [0.1, 0.15) is 0 Å². The molecule has 27 heavy (non-hydrogen) atoms. The van der Waals surface area contributed by atoms with Crippen LogP contribution in [0.5, 0.6) is 0 Å². The third kappa shape index (κ3) is 2.50. The summed E-state index contributed by atoms with van der Waals surface area (Å²) < 4.78 is 0. The average molecular weight is 347 g/mol. The summed E-state index contributed by atoms with van der Waals surface area (Å²) in [5.41, 5.74) is 10.1. The maximum absolute atomic E-state index is 4.69. The molecule has 3 aromatic carbocycles. The molecule has 0 N–H and O–H groups in total. The topological polar surface area (TPSA) is 12.9 Å². The monoisotopic (exact) mass is 347 g/mol. The molecule has 0 saturated carbocycles. The molecule has 0 fully saturated rings. The summed E-state index contributed by atoms with van der Waals surface area (Å²) in [6.45, 7) is 4.64. The van der Waals surface area contributed by atoms with E-state index in [0.717, 1.165) is 16.8 Å². The predicted molar refractivity (Wildman–Crippen MR) is 113 cm³/mol. The lowest BCUT2D eigenvalue weighted by atomic mass is 9.81. The van der Waals surface area contributed by atoms with Crippen LogP contribution in [0, 0.1) is 0 Å². The van der Waals surface area contributed by atoms with Crippen molar-refractivity contribution in [2.75, 3.05) is 0 Å². The molecule has 0 unspecified atom stereocenters. The number of aromatic nitrogens is 1. The van der Waals surface area contributed by atoms with Crippen LogP contribution in [0.1, 0.15) is 25.0 Å². The van der Waals surface area contributed by atoms with E-state index in [1.54, 1.807) is 0 Å². The van der Waals surface area contributed by atoms with Crippen molar-refractivity contribution in [3.05, 3.63) is 102 Å². The molecule has 0 aliphatic heterocycles. The molecule has 130 valence electrons. The molecule has 1 heterocycles. The Hall–Kier alpha value is -3.19. The van der Waals surface area contributed by atoms with Crippen molar-refractivity contribution in [3.8, 4) is 33.5 Å². The highest BCUT2D eigenvalue weighted by molar-refractivity contribution is 5.83. The van der Waals surface area contributed by atoms with E-state index in [2.05, 4.69) is 80.6 Å². The molecule has 1 heteroatoms. The zero-order valence-electron chi connectivity index (χ0n) is 15.6. The molecule has 1 aromatic heterocycles. The Morgan fingerprint density at radius 3 is 2.07 bits per heavy atom. The SMILES string of the molecule is CC1(C)c2ccccc2-c2ccc(-c3ccc(-c4ccccc4)nc3)cc21. The van der Waals surface area contributed by atoms with E-state index in [0.29, 0.717) is 0 Å². The Morgan fingerprint density at radius 2 is 1.30 bits per heavy atom. The van der Waals surface area contributed by atoms with E-state index in [1.165, 1.54) is 27.8 Å². The van der Waals surface area contributed by atoms with Gasteiger partial charge in [-0.2, -0.15) is 0 Å². The van der Waals surface area contributed by atoms with E-state index in [1.807, 2.05) is 24.4 Å². The first-order valence-electron chi connectivity index (χ1n) is 9.41. The summed E-state index contributed by atoms with van der Waals surface area (Å²) in [4.78, 5) is 4.69. The highest BCUT2D eigenvalue weighted by Crippen LogP contribution is 2.49. The normalized spacial score (nSPS) is 13.9. The number of hydrogen-bond donors (Lipinski definition) is 0. The van der Waals surface area contributed by atoms with Crippen molar-refractivity contribution in [2.24, 2.45) is 0 Å². The molecule has 4 aromatic rings. The fourth-order valence-electron chi connectivity index (χ4n) is 4.23. The van der Waals surface area contributed by atoms with Gasteiger partial charge in [0.15, 0.2) is 0 Å². The standard InChI is InChI=1S/C26H21N/c1-26(2)23-11-7-6-10-21(23)22-14-12-19(16-24(22)26)20-13-15-25(27-17-20)18-8-4-3-5-9-18/h3-17H,1-2H3. The molecule has 0 bridgehead atoms. The lowest BCUT2D eigenvalue weighted by molar-refractivity contribution is 0.660. The number of hydrogen-bond acceptors (Lipinski definition) is 1. The van der Waals surface area contributed by atoms with Crippen LogP contribution in [0.2, 0.25) is 0 Å². The second-order valence-electron chi connectivity index (χ2n) is 7.73. The van der Waals surface area contributed by atoms with Crippen LogP contribution in [0.15, 0.2) is 91.1 Å². The lowest BCUT2D eigenvalue weighted by Gasteiger charge is -2.22. The van der Waals surface area contributed by atoms with Crippen molar-refractivity contribution < 1.29 is 0 Å². The first-order chi connectivity index (χ1) is 13.1. The second-order valence-corrected chi connectivity index (χ2v) is 7.73. The Labute approximate surface area is 160 Å². The molecule has 5 rings (SSSR count). The van der Waals surface area contributed by atoms with Gasteiger partial charge in [0.25, 0.3) is 0 Å². The summed E-state index contributed by atoms with van der Waals surface area (Å²) in [6.07, 6.45) is 1.99. The van der Waals surface area contributed by atoms with Crippen LogP contribution in [-0.2, 0) is 5.41 Å². The van der Waals surface area contributed by atoms with E-state index in [9.17, 15) is 0 Å². The van der Waals surface area contributed by atoms with Crippen LogP contribution in [-0.4, -0.2) is 4.98 Å². The zero-order chi connectivity index (χ0) is 18.4. The smallest absolute Gasteiger partial charge is 0.0702 e. The largest absolute Gasteiger partial charge is 0.256 e. The van der Waals surface area contributed by atoms with Gasteiger partial charge < -0.3 is 0 Å². The van der Waals surface area contributed by atoms with E-state index < -0.39 is 0 Å². The van der Waals surface area contributed by atoms with Gasteiger partial charge >= 0.3 is 0 Å². The number of rotatable bonds is 2. The lowest BCUT2D eigenvalue weighted by Crippen LogP contribution is -2.14.